The molecule has 0 aromatic carbocycles. The predicted octanol–water partition coefficient (Wildman–Crippen LogP) is 0.347. The molecule has 0 aliphatic carbocycles. The Labute approximate surface area is 98.5 Å². The Kier molecular flexibility index (Phi) is 4.76. The summed E-state index contributed by atoms with van der Waals surface area (Å²) in [5.74, 6) is -0.570. The molecule has 1 heterocycles. The van der Waals surface area contributed by atoms with Gasteiger partial charge >= 0.3 is 6.18 Å². The molecule has 1 amide bonds. The molecule has 2 unspecified atom stereocenters. The van der Waals surface area contributed by atoms with E-state index < -0.39 is 24.7 Å². The lowest BCUT2D eigenvalue weighted by molar-refractivity contribution is -0.141. The zero-order valence-electron chi connectivity index (χ0n) is 9.97. The van der Waals surface area contributed by atoms with Crippen LogP contribution >= 0.6 is 0 Å². The van der Waals surface area contributed by atoms with Crippen molar-refractivity contribution >= 4 is 5.91 Å². The van der Waals surface area contributed by atoms with Crippen molar-refractivity contribution in [2.45, 2.75) is 31.6 Å². The van der Waals surface area contributed by atoms with Crippen LogP contribution in [0.15, 0.2) is 0 Å². The van der Waals surface area contributed by atoms with Crippen molar-refractivity contribution in [2.75, 3.05) is 26.7 Å². The van der Waals surface area contributed by atoms with Gasteiger partial charge in [0.05, 0.1) is 6.04 Å². The Morgan fingerprint density at radius 3 is 2.65 bits per heavy atom. The van der Waals surface area contributed by atoms with Gasteiger partial charge in [-0.05, 0) is 20.4 Å². The lowest BCUT2D eigenvalue weighted by Crippen LogP contribution is -2.47. The largest absolute Gasteiger partial charge is 0.405 e. The van der Waals surface area contributed by atoms with Crippen LogP contribution in [0.3, 0.4) is 0 Å². The number of hydrogen-bond donors (Lipinski definition) is 2. The van der Waals surface area contributed by atoms with E-state index in [2.05, 4.69) is 5.32 Å². The van der Waals surface area contributed by atoms with E-state index in [1.165, 1.54) is 0 Å². The summed E-state index contributed by atoms with van der Waals surface area (Å²) < 4.78 is 35.8. The van der Waals surface area contributed by atoms with E-state index in [1.54, 1.807) is 6.92 Å². The number of rotatable bonds is 4. The zero-order valence-corrected chi connectivity index (χ0v) is 9.97. The Balaban J connectivity index is 2.37. The van der Waals surface area contributed by atoms with Gasteiger partial charge < -0.3 is 10.6 Å². The molecule has 2 N–H and O–H groups in total. The van der Waals surface area contributed by atoms with Crippen molar-refractivity contribution in [1.82, 2.24) is 15.5 Å². The Morgan fingerprint density at radius 1 is 1.53 bits per heavy atom. The van der Waals surface area contributed by atoms with Crippen molar-refractivity contribution in [3.05, 3.63) is 0 Å². The fourth-order valence-corrected chi connectivity index (χ4v) is 1.88. The number of likely N-dealkylation sites (N-methyl/N-ethyl adjacent to an activating group) is 1. The second-order valence-electron chi connectivity index (χ2n) is 4.28. The van der Waals surface area contributed by atoms with Crippen LogP contribution in [-0.2, 0) is 4.79 Å². The molecule has 1 aliphatic heterocycles. The molecule has 1 saturated heterocycles. The summed E-state index contributed by atoms with van der Waals surface area (Å²) in [4.78, 5) is 13.4. The molecule has 0 spiro atoms. The summed E-state index contributed by atoms with van der Waals surface area (Å²) in [6.07, 6.45) is -3.44. The van der Waals surface area contributed by atoms with Crippen LogP contribution < -0.4 is 10.6 Å². The van der Waals surface area contributed by atoms with E-state index in [9.17, 15) is 18.0 Å². The first-order chi connectivity index (χ1) is 7.83. The highest BCUT2D eigenvalue weighted by Gasteiger charge is 2.32. The number of alkyl halides is 3. The van der Waals surface area contributed by atoms with Crippen LogP contribution in [0.4, 0.5) is 13.2 Å². The average molecular weight is 253 g/mol. The van der Waals surface area contributed by atoms with Gasteiger partial charge in [-0.1, -0.05) is 0 Å². The quantitative estimate of drug-likeness (QED) is 0.759. The first-order valence-electron chi connectivity index (χ1n) is 5.59. The second-order valence-corrected chi connectivity index (χ2v) is 4.28. The molecule has 0 bridgehead atoms. The molecule has 100 valence electrons. The lowest BCUT2D eigenvalue weighted by atomic mass is 10.2. The maximum atomic E-state index is 11.9. The second kappa shape index (κ2) is 5.68. The van der Waals surface area contributed by atoms with Gasteiger partial charge in [-0.25, -0.2) is 0 Å². The summed E-state index contributed by atoms with van der Waals surface area (Å²) in [6, 6.07) is -0.205. The number of halogens is 3. The van der Waals surface area contributed by atoms with Crippen molar-refractivity contribution in [3.8, 4) is 0 Å². The summed E-state index contributed by atoms with van der Waals surface area (Å²) in [5.41, 5.74) is 0. The lowest BCUT2D eigenvalue weighted by Gasteiger charge is -2.23. The molecular weight excluding hydrogens is 235 g/mol. The fraction of sp³-hybridized carbons (Fsp3) is 0.900. The van der Waals surface area contributed by atoms with E-state index in [-0.39, 0.29) is 0 Å². The fourth-order valence-electron chi connectivity index (χ4n) is 1.88. The average Bonchev–Trinajstić information content (AvgIpc) is 2.72. The van der Waals surface area contributed by atoms with Gasteiger partial charge in [0.15, 0.2) is 0 Å². The van der Waals surface area contributed by atoms with Gasteiger partial charge in [0.2, 0.25) is 5.91 Å². The number of nitrogens with zero attached hydrogens (tertiary/aromatic N) is 1. The number of amides is 1. The normalized spacial score (nSPS) is 23.7. The van der Waals surface area contributed by atoms with Crippen LogP contribution in [0.5, 0.6) is 0 Å². The molecule has 0 aromatic heterocycles. The standard InChI is InChI=1S/C10H18F3N3O/c1-7(9(17)15-6-10(11,12)13)16-4-3-8(5-16)14-2/h7-8,14H,3-6H2,1-2H3,(H,15,17). The molecule has 1 aliphatic rings. The summed E-state index contributed by atoms with van der Waals surface area (Å²) in [7, 11) is 1.84. The van der Waals surface area contributed by atoms with Crippen molar-refractivity contribution in [2.24, 2.45) is 0 Å². The van der Waals surface area contributed by atoms with E-state index in [1.807, 2.05) is 17.3 Å². The molecule has 2 atom stereocenters. The highest BCUT2D eigenvalue weighted by Crippen LogP contribution is 2.14. The van der Waals surface area contributed by atoms with E-state index in [0.717, 1.165) is 13.0 Å². The molecule has 0 saturated carbocycles. The van der Waals surface area contributed by atoms with Gasteiger partial charge in [0, 0.05) is 19.1 Å². The molecule has 0 aromatic rings. The molecule has 7 heteroatoms. The summed E-state index contributed by atoms with van der Waals surface area (Å²) in [6.45, 7) is 1.78. The van der Waals surface area contributed by atoms with Gasteiger partial charge in [-0.15, -0.1) is 0 Å². The maximum absolute atomic E-state index is 11.9. The Bertz CT molecular complexity index is 270. The zero-order chi connectivity index (χ0) is 13.1. The number of likely N-dealkylation sites (tertiary alicyclic amines) is 1. The minimum absolute atomic E-state index is 0.313. The highest BCUT2D eigenvalue weighted by atomic mass is 19.4. The minimum atomic E-state index is -4.35. The van der Waals surface area contributed by atoms with E-state index in [0.29, 0.717) is 12.6 Å². The monoisotopic (exact) mass is 253 g/mol. The first-order valence-corrected chi connectivity index (χ1v) is 5.59. The topological polar surface area (TPSA) is 44.4 Å². The smallest absolute Gasteiger partial charge is 0.346 e. The van der Waals surface area contributed by atoms with Crippen LogP contribution in [0.1, 0.15) is 13.3 Å². The third-order valence-corrected chi connectivity index (χ3v) is 3.02. The predicted molar refractivity (Wildman–Crippen MR) is 57.6 cm³/mol. The molecular formula is C10H18F3N3O. The van der Waals surface area contributed by atoms with E-state index in [4.69, 9.17) is 0 Å². The van der Waals surface area contributed by atoms with Gasteiger partial charge in [0.25, 0.3) is 0 Å². The maximum Gasteiger partial charge on any atom is 0.405 e. The number of carbonyl (C=O) groups excluding carboxylic acids is 1. The molecule has 17 heavy (non-hydrogen) atoms. The molecule has 1 fully saturated rings. The molecule has 4 nitrogen and oxygen atoms in total. The Morgan fingerprint density at radius 2 is 2.18 bits per heavy atom. The highest BCUT2D eigenvalue weighted by molar-refractivity contribution is 5.81. The van der Waals surface area contributed by atoms with Crippen LogP contribution in [0, 0.1) is 0 Å². The number of hydrogen-bond acceptors (Lipinski definition) is 3. The van der Waals surface area contributed by atoms with Crippen LogP contribution in [-0.4, -0.2) is 55.7 Å². The van der Waals surface area contributed by atoms with Crippen LogP contribution in [0.25, 0.3) is 0 Å². The third-order valence-electron chi connectivity index (χ3n) is 3.02. The SMILES string of the molecule is CNC1CCN(C(C)C(=O)NCC(F)(F)F)C1. The van der Waals surface area contributed by atoms with Gasteiger partial charge in [-0.2, -0.15) is 13.2 Å². The Hall–Kier alpha value is -0.820. The molecule has 1 rings (SSSR count). The summed E-state index contributed by atoms with van der Waals surface area (Å²) in [5, 5.41) is 5.00. The van der Waals surface area contributed by atoms with Crippen molar-refractivity contribution < 1.29 is 18.0 Å². The number of nitrogens with one attached hydrogen (secondary N) is 2. The van der Waals surface area contributed by atoms with E-state index >= 15 is 0 Å². The van der Waals surface area contributed by atoms with Crippen LogP contribution in [0.2, 0.25) is 0 Å². The van der Waals surface area contributed by atoms with Crippen molar-refractivity contribution in [1.29, 1.82) is 0 Å². The third kappa shape index (κ3) is 4.51. The van der Waals surface area contributed by atoms with Gasteiger partial charge in [-0.3, -0.25) is 9.69 Å². The summed E-state index contributed by atoms with van der Waals surface area (Å²) >= 11 is 0. The van der Waals surface area contributed by atoms with Crippen molar-refractivity contribution in [3.63, 3.8) is 0 Å². The first kappa shape index (κ1) is 14.2. The number of carbonyl (C=O) groups is 1. The van der Waals surface area contributed by atoms with Gasteiger partial charge in [0.1, 0.15) is 6.54 Å². The minimum Gasteiger partial charge on any atom is -0.346 e. The molecule has 0 radical (unpaired) electrons.